The summed E-state index contributed by atoms with van der Waals surface area (Å²) in [7, 11) is 0. The molecule has 7 heteroatoms. The van der Waals surface area contributed by atoms with E-state index in [1.807, 2.05) is 4.90 Å². The number of piperidine rings is 2. The quantitative estimate of drug-likeness (QED) is 0.808. The first-order chi connectivity index (χ1) is 11.6. The molecule has 2 aliphatic heterocycles. The summed E-state index contributed by atoms with van der Waals surface area (Å²) >= 11 is 0. The molecule has 2 heterocycles. The Labute approximate surface area is 139 Å². The maximum atomic E-state index is 14.4. The van der Waals surface area contributed by atoms with Crippen LogP contribution in [0.15, 0.2) is 18.2 Å². The number of rotatable bonds is 4. The van der Waals surface area contributed by atoms with Crippen molar-refractivity contribution in [3.05, 3.63) is 24.0 Å². The van der Waals surface area contributed by atoms with Gasteiger partial charge < -0.3 is 14.7 Å². The SMILES string of the molecule is O=C1CCC(Oc2ccc(N3CCC(CO)CC3)c(F)c2)C(=O)N1. The van der Waals surface area contributed by atoms with Crippen molar-refractivity contribution >= 4 is 17.5 Å². The number of amides is 2. The lowest BCUT2D eigenvalue weighted by molar-refractivity contribution is -0.138. The smallest absolute Gasteiger partial charge is 0.267 e. The van der Waals surface area contributed by atoms with Crippen LogP contribution in [0.2, 0.25) is 0 Å². The molecule has 0 aliphatic carbocycles. The zero-order chi connectivity index (χ0) is 17.1. The van der Waals surface area contributed by atoms with Crippen LogP contribution in [0, 0.1) is 11.7 Å². The number of benzene rings is 1. The molecule has 0 radical (unpaired) electrons. The Hall–Kier alpha value is -2.15. The standard InChI is InChI=1S/C17H21FN2O4/c18-13-9-12(24-15-3-4-16(22)19-17(15)23)1-2-14(13)20-7-5-11(10-21)6-8-20/h1-2,9,11,15,21H,3-8,10H2,(H,19,22,23). The normalized spacial score (nSPS) is 22.4. The molecule has 1 aromatic carbocycles. The van der Waals surface area contributed by atoms with Gasteiger partial charge in [0.2, 0.25) is 5.91 Å². The van der Waals surface area contributed by atoms with Crippen LogP contribution in [0.5, 0.6) is 5.75 Å². The number of hydrogen-bond donors (Lipinski definition) is 2. The van der Waals surface area contributed by atoms with E-state index < -0.39 is 17.8 Å². The third-order valence-corrected chi connectivity index (χ3v) is 4.60. The highest BCUT2D eigenvalue weighted by molar-refractivity contribution is 5.99. The Morgan fingerprint density at radius 2 is 2.00 bits per heavy atom. The summed E-state index contributed by atoms with van der Waals surface area (Å²) in [6.45, 7) is 1.58. The molecule has 0 spiro atoms. The molecule has 2 amide bonds. The van der Waals surface area contributed by atoms with Gasteiger partial charge in [-0.05, 0) is 30.9 Å². The number of carbonyl (C=O) groups excluding carboxylic acids is 2. The third-order valence-electron chi connectivity index (χ3n) is 4.60. The van der Waals surface area contributed by atoms with Gasteiger partial charge in [-0.2, -0.15) is 0 Å². The van der Waals surface area contributed by atoms with E-state index in [-0.39, 0.29) is 24.7 Å². The first kappa shape index (κ1) is 16.7. The fraction of sp³-hybridized carbons (Fsp3) is 0.529. The van der Waals surface area contributed by atoms with Crippen molar-refractivity contribution in [3.8, 4) is 5.75 Å². The number of anilines is 1. The van der Waals surface area contributed by atoms with Crippen molar-refractivity contribution in [2.24, 2.45) is 5.92 Å². The van der Waals surface area contributed by atoms with Crippen molar-refractivity contribution in [2.75, 3.05) is 24.6 Å². The van der Waals surface area contributed by atoms with Gasteiger partial charge in [0.15, 0.2) is 6.10 Å². The van der Waals surface area contributed by atoms with E-state index in [1.165, 1.54) is 6.07 Å². The number of halogens is 1. The Bertz CT molecular complexity index is 629. The minimum atomic E-state index is -0.770. The maximum Gasteiger partial charge on any atom is 0.267 e. The molecular formula is C17H21FN2O4. The maximum absolute atomic E-state index is 14.4. The topological polar surface area (TPSA) is 78.9 Å². The number of ether oxygens (including phenoxy) is 1. The second-order valence-corrected chi connectivity index (χ2v) is 6.28. The predicted octanol–water partition coefficient (Wildman–Crippen LogP) is 1.22. The van der Waals surface area contributed by atoms with Crippen molar-refractivity contribution in [1.82, 2.24) is 5.32 Å². The lowest BCUT2D eigenvalue weighted by Gasteiger charge is -2.33. The molecular weight excluding hydrogens is 315 g/mol. The van der Waals surface area contributed by atoms with Crippen LogP contribution in [-0.4, -0.2) is 42.7 Å². The number of hydrogen-bond acceptors (Lipinski definition) is 5. The predicted molar refractivity (Wildman–Crippen MR) is 85.2 cm³/mol. The van der Waals surface area contributed by atoms with Crippen LogP contribution in [0.25, 0.3) is 0 Å². The summed E-state index contributed by atoms with van der Waals surface area (Å²) in [6, 6.07) is 4.56. The molecule has 0 aromatic heterocycles. The Kier molecular flexibility index (Phi) is 4.99. The van der Waals surface area contributed by atoms with Gasteiger partial charge in [0.25, 0.3) is 5.91 Å². The Balaban J connectivity index is 1.64. The van der Waals surface area contributed by atoms with Gasteiger partial charge >= 0.3 is 0 Å². The van der Waals surface area contributed by atoms with Crippen LogP contribution in [0.4, 0.5) is 10.1 Å². The van der Waals surface area contributed by atoms with Crippen molar-refractivity contribution in [1.29, 1.82) is 0 Å². The Morgan fingerprint density at radius 3 is 2.62 bits per heavy atom. The van der Waals surface area contributed by atoms with Gasteiger partial charge in [0, 0.05) is 38.6 Å². The third kappa shape index (κ3) is 3.67. The van der Waals surface area contributed by atoms with E-state index in [2.05, 4.69) is 5.32 Å². The molecule has 2 fully saturated rings. The summed E-state index contributed by atoms with van der Waals surface area (Å²) in [5, 5.41) is 11.4. The van der Waals surface area contributed by atoms with E-state index in [1.54, 1.807) is 12.1 Å². The van der Waals surface area contributed by atoms with Gasteiger partial charge in [-0.15, -0.1) is 0 Å². The number of imide groups is 1. The highest BCUT2D eigenvalue weighted by atomic mass is 19.1. The largest absolute Gasteiger partial charge is 0.480 e. The van der Waals surface area contributed by atoms with E-state index in [9.17, 15) is 14.0 Å². The fourth-order valence-electron chi connectivity index (χ4n) is 3.12. The number of carbonyl (C=O) groups is 2. The highest BCUT2D eigenvalue weighted by Crippen LogP contribution is 2.29. The monoisotopic (exact) mass is 336 g/mol. The van der Waals surface area contributed by atoms with Crippen LogP contribution in [0.3, 0.4) is 0 Å². The summed E-state index contributed by atoms with van der Waals surface area (Å²) < 4.78 is 19.9. The van der Waals surface area contributed by atoms with Gasteiger partial charge in [0.1, 0.15) is 11.6 Å². The minimum Gasteiger partial charge on any atom is -0.480 e. The van der Waals surface area contributed by atoms with Crippen LogP contribution in [0.1, 0.15) is 25.7 Å². The molecule has 2 saturated heterocycles. The molecule has 1 atom stereocenters. The fourth-order valence-corrected chi connectivity index (χ4v) is 3.12. The summed E-state index contributed by atoms with van der Waals surface area (Å²) in [5.74, 6) is -0.632. The van der Waals surface area contributed by atoms with E-state index in [0.717, 1.165) is 12.8 Å². The van der Waals surface area contributed by atoms with E-state index in [0.29, 0.717) is 31.1 Å². The molecule has 3 rings (SSSR count). The number of nitrogens with zero attached hydrogens (tertiary/aromatic N) is 1. The molecule has 1 aromatic rings. The average molecular weight is 336 g/mol. The lowest BCUT2D eigenvalue weighted by Crippen LogP contribution is -2.46. The van der Waals surface area contributed by atoms with Crippen molar-refractivity contribution < 1.29 is 23.8 Å². The number of nitrogens with one attached hydrogen (secondary N) is 1. The summed E-state index contributed by atoms with van der Waals surface area (Å²) in [6.07, 6.45) is 1.42. The van der Waals surface area contributed by atoms with Crippen LogP contribution >= 0.6 is 0 Å². The molecule has 0 bridgehead atoms. The van der Waals surface area contributed by atoms with Gasteiger partial charge in [-0.25, -0.2) is 4.39 Å². The molecule has 1 unspecified atom stereocenters. The van der Waals surface area contributed by atoms with Crippen LogP contribution in [-0.2, 0) is 9.59 Å². The number of aliphatic hydroxyl groups is 1. The van der Waals surface area contributed by atoms with Crippen molar-refractivity contribution in [2.45, 2.75) is 31.8 Å². The van der Waals surface area contributed by atoms with Gasteiger partial charge in [-0.1, -0.05) is 0 Å². The average Bonchev–Trinajstić information content (AvgIpc) is 2.58. The van der Waals surface area contributed by atoms with Gasteiger partial charge in [-0.3, -0.25) is 14.9 Å². The number of aliphatic hydroxyl groups excluding tert-OH is 1. The van der Waals surface area contributed by atoms with Crippen LogP contribution < -0.4 is 15.0 Å². The zero-order valence-electron chi connectivity index (χ0n) is 13.3. The summed E-state index contributed by atoms with van der Waals surface area (Å²) in [5.41, 5.74) is 0.502. The van der Waals surface area contributed by atoms with Crippen molar-refractivity contribution in [3.63, 3.8) is 0 Å². The highest BCUT2D eigenvalue weighted by Gasteiger charge is 2.28. The lowest BCUT2D eigenvalue weighted by atomic mass is 9.97. The summed E-state index contributed by atoms with van der Waals surface area (Å²) in [4.78, 5) is 24.8. The van der Waals surface area contributed by atoms with E-state index >= 15 is 0 Å². The second kappa shape index (κ2) is 7.17. The molecule has 2 N–H and O–H groups in total. The Morgan fingerprint density at radius 1 is 1.25 bits per heavy atom. The van der Waals surface area contributed by atoms with E-state index in [4.69, 9.17) is 9.84 Å². The molecule has 24 heavy (non-hydrogen) atoms. The zero-order valence-corrected chi connectivity index (χ0v) is 13.3. The molecule has 2 aliphatic rings. The minimum absolute atomic E-state index is 0.176. The second-order valence-electron chi connectivity index (χ2n) is 6.28. The molecule has 6 nitrogen and oxygen atoms in total. The molecule has 130 valence electrons. The van der Waals surface area contributed by atoms with Gasteiger partial charge in [0.05, 0.1) is 5.69 Å². The molecule has 0 saturated carbocycles. The first-order valence-electron chi connectivity index (χ1n) is 8.22. The first-order valence-corrected chi connectivity index (χ1v) is 8.22.